The Labute approximate surface area is 140 Å². The van der Waals surface area contributed by atoms with E-state index in [1.54, 1.807) is 17.1 Å². The van der Waals surface area contributed by atoms with Crippen molar-refractivity contribution in [2.45, 2.75) is 38.8 Å². The molecule has 1 amide bonds. The Balaban J connectivity index is 1.58. The monoisotopic (exact) mass is 327 g/mol. The van der Waals surface area contributed by atoms with Crippen molar-refractivity contribution in [2.24, 2.45) is 5.92 Å². The van der Waals surface area contributed by atoms with Crippen LogP contribution in [0.2, 0.25) is 0 Å². The minimum absolute atomic E-state index is 0.0703. The van der Waals surface area contributed by atoms with Gasteiger partial charge in [0.1, 0.15) is 0 Å². The van der Waals surface area contributed by atoms with Gasteiger partial charge >= 0.3 is 5.97 Å². The molecule has 3 rings (SSSR count). The topological polar surface area (TPSA) is 84.2 Å². The number of carbonyl (C=O) groups is 2. The number of hydrogen-bond acceptors (Lipinski definition) is 3. The fourth-order valence-corrected chi connectivity index (χ4v) is 3.05. The van der Waals surface area contributed by atoms with Crippen LogP contribution in [0.1, 0.15) is 40.7 Å². The maximum Gasteiger partial charge on any atom is 0.306 e. The highest BCUT2D eigenvalue weighted by atomic mass is 16.4. The van der Waals surface area contributed by atoms with E-state index in [-0.39, 0.29) is 17.9 Å². The molecular formula is C18H21N3O3. The molecule has 0 radical (unpaired) electrons. The Bertz CT molecular complexity index is 736. The van der Waals surface area contributed by atoms with E-state index in [0.717, 1.165) is 5.56 Å². The van der Waals surface area contributed by atoms with Crippen molar-refractivity contribution in [1.82, 2.24) is 15.1 Å². The van der Waals surface area contributed by atoms with Gasteiger partial charge in [0.15, 0.2) is 0 Å². The molecule has 2 N–H and O–H groups in total. The summed E-state index contributed by atoms with van der Waals surface area (Å²) in [6, 6.07) is 8.11. The number of carboxylic acid groups (broad SMARTS) is 1. The van der Waals surface area contributed by atoms with Crippen LogP contribution in [0.4, 0.5) is 0 Å². The van der Waals surface area contributed by atoms with E-state index >= 15 is 0 Å². The lowest BCUT2D eigenvalue weighted by Crippen LogP contribution is -2.33. The average molecular weight is 327 g/mol. The summed E-state index contributed by atoms with van der Waals surface area (Å²) in [7, 11) is 0. The van der Waals surface area contributed by atoms with E-state index in [1.165, 1.54) is 5.56 Å². The number of carboxylic acids is 1. The van der Waals surface area contributed by atoms with Crippen molar-refractivity contribution >= 4 is 11.9 Å². The van der Waals surface area contributed by atoms with Crippen LogP contribution in [0.3, 0.4) is 0 Å². The molecule has 1 aromatic heterocycles. The molecule has 126 valence electrons. The normalized spacial score (nSPS) is 20.0. The van der Waals surface area contributed by atoms with Crippen LogP contribution in [-0.4, -0.2) is 32.8 Å². The zero-order valence-corrected chi connectivity index (χ0v) is 13.6. The summed E-state index contributed by atoms with van der Waals surface area (Å²) in [6.07, 6.45) is 5.09. The van der Waals surface area contributed by atoms with E-state index in [4.69, 9.17) is 5.11 Å². The average Bonchev–Trinajstić information content (AvgIpc) is 3.19. The second-order valence-corrected chi connectivity index (χ2v) is 6.43. The van der Waals surface area contributed by atoms with Gasteiger partial charge in [0.25, 0.3) is 5.91 Å². The number of rotatable bonds is 5. The van der Waals surface area contributed by atoms with Crippen LogP contribution in [0.5, 0.6) is 0 Å². The molecule has 0 spiro atoms. The maximum atomic E-state index is 12.3. The molecule has 1 aliphatic rings. The first-order valence-electron chi connectivity index (χ1n) is 8.13. The molecule has 1 heterocycles. The Morgan fingerprint density at radius 1 is 1.29 bits per heavy atom. The summed E-state index contributed by atoms with van der Waals surface area (Å²) in [5.41, 5.74) is 2.83. The van der Waals surface area contributed by atoms with E-state index in [1.807, 2.05) is 31.2 Å². The minimum Gasteiger partial charge on any atom is -0.481 e. The number of aromatic nitrogens is 2. The molecule has 2 atom stereocenters. The molecule has 2 aromatic rings. The number of aryl methyl sites for hydroxylation is 1. The van der Waals surface area contributed by atoms with Crippen molar-refractivity contribution in [1.29, 1.82) is 0 Å². The predicted molar refractivity (Wildman–Crippen MR) is 88.7 cm³/mol. The number of carbonyl (C=O) groups excluding carboxylic acids is 1. The van der Waals surface area contributed by atoms with E-state index in [9.17, 15) is 9.59 Å². The lowest BCUT2D eigenvalue weighted by atomic mass is 10.1. The molecule has 1 aromatic carbocycles. The second kappa shape index (κ2) is 6.86. The van der Waals surface area contributed by atoms with Gasteiger partial charge in [-0.3, -0.25) is 14.3 Å². The van der Waals surface area contributed by atoms with Gasteiger partial charge in [-0.2, -0.15) is 5.10 Å². The SMILES string of the molecule is Cc1ccc(Cn2cc(C(=O)N[C@@H]3CC[C@H](C(=O)O)C3)cn2)cc1. The van der Waals surface area contributed by atoms with Crippen LogP contribution in [0.15, 0.2) is 36.7 Å². The molecule has 1 saturated carbocycles. The van der Waals surface area contributed by atoms with Crippen LogP contribution in [0.25, 0.3) is 0 Å². The molecule has 1 fully saturated rings. The van der Waals surface area contributed by atoms with Gasteiger partial charge in [0.2, 0.25) is 0 Å². The van der Waals surface area contributed by atoms with Crippen molar-refractivity contribution in [3.8, 4) is 0 Å². The maximum absolute atomic E-state index is 12.3. The molecule has 1 aliphatic carbocycles. The first kappa shape index (κ1) is 16.2. The zero-order valence-electron chi connectivity index (χ0n) is 13.6. The standard InChI is InChI=1S/C18H21N3O3/c1-12-2-4-13(5-3-12)10-21-11-15(9-19-21)17(22)20-16-7-6-14(8-16)18(23)24/h2-5,9,11,14,16H,6-8,10H2,1H3,(H,20,22)(H,23,24)/t14-,16+/m0/s1. The molecule has 0 unspecified atom stereocenters. The van der Waals surface area contributed by atoms with Gasteiger partial charge in [-0.25, -0.2) is 0 Å². The third-order valence-corrected chi connectivity index (χ3v) is 4.48. The zero-order chi connectivity index (χ0) is 17.1. The third kappa shape index (κ3) is 3.82. The highest BCUT2D eigenvalue weighted by Crippen LogP contribution is 2.25. The third-order valence-electron chi connectivity index (χ3n) is 4.48. The number of benzene rings is 1. The predicted octanol–water partition coefficient (Wildman–Crippen LogP) is 2.22. The smallest absolute Gasteiger partial charge is 0.306 e. The van der Waals surface area contributed by atoms with Gasteiger partial charge in [-0.05, 0) is 31.7 Å². The van der Waals surface area contributed by atoms with Crippen molar-refractivity contribution in [3.05, 3.63) is 53.3 Å². The van der Waals surface area contributed by atoms with E-state index in [0.29, 0.717) is 31.4 Å². The Morgan fingerprint density at radius 3 is 2.71 bits per heavy atom. The van der Waals surface area contributed by atoms with Crippen LogP contribution < -0.4 is 5.32 Å². The number of amides is 1. The van der Waals surface area contributed by atoms with Gasteiger partial charge in [0, 0.05) is 12.2 Å². The fourth-order valence-electron chi connectivity index (χ4n) is 3.05. The van der Waals surface area contributed by atoms with Crippen LogP contribution >= 0.6 is 0 Å². The largest absolute Gasteiger partial charge is 0.481 e. The molecule has 0 aliphatic heterocycles. The summed E-state index contributed by atoms with van der Waals surface area (Å²) in [5, 5.41) is 16.2. The molecule has 24 heavy (non-hydrogen) atoms. The quantitative estimate of drug-likeness (QED) is 0.882. The Kier molecular flexibility index (Phi) is 4.64. The highest BCUT2D eigenvalue weighted by Gasteiger charge is 2.30. The second-order valence-electron chi connectivity index (χ2n) is 6.43. The van der Waals surface area contributed by atoms with Crippen molar-refractivity contribution in [2.75, 3.05) is 0 Å². The lowest BCUT2D eigenvalue weighted by molar-refractivity contribution is -0.141. The number of aliphatic carboxylic acids is 1. The van der Waals surface area contributed by atoms with Crippen LogP contribution in [-0.2, 0) is 11.3 Å². The summed E-state index contributed by atoms with van der Waals surface area (Å²) >= 11 is 0. The summed E-state index contributed by atoms with van der Waals surface area (Å²) in [6.45, 7) is 2.65. The van der Waals surface area contributed by atoms with Crippen LogP contribution in [0, 0.1) is 12.8 Å². The number of nitrogens with one attached hydrogen (secondary N) is 1. The van der Waals surface area contributed by atoms with Crippen molar-refractivity contribution < 1.29 is 14.7 Å². The lowest BCUT2D eigenvalue weighted by Gasteiger charge is -2.11. The summed E-state index contributed by atoms with van der Waals surface area (Å²) in [4.78, 5) is 23.3. The summed E-state index contributed by atoms with van der Waals surface area (Å²) < 4.78 is 1.73. The summed E-state index contributed by atoms with van der Waals surface area (Å²) in [5.74, 6) is -1.32. The van der Waals surface area contributed by atoms with E-state index < -0.39 is 5.97 Å². The van der Waals surface area contributed by atoms with Gasteiger partial charge in [-0.15, -0.1) is 0 Å². The van der Waals surface area contributed by atoms with Gasteiger partial charge < -0.3 is 10.4 Å². The van der Waals surface area contributed by atoms with Gasteiger partial charge in [0.05, 0.1) is 24.2 Å². The fraction of sp³-hybridized carbons (Fsp3) is 0.389. The minimum atomic E-state index is -0.780. The van der Waals surface area contributed by atoms with E-state index in [2.05, 4.69) is 10.4 Å². The number of hydrogen-bond donors (Lipinski definition) is 2. The first-order valence-corrected chi connectivity index (χ1v) is 8.13. The molecule has 0 bridgehead atoms. The van der Waals surface area contributed by atoms with Gasteiger partial charge in [-0.1, -0.05) is 29.8 Å². The molecular weight excluding hydrogens is 306 g/mol. The molecule has 6 nitrogen and oxygen atoms in total. The number of nitrogens with zero attached hydrogens (tertiary/aromatic N) is 2. The first-order chi connectivity index (χ1) is 11.5. The highest BCUT2D eigenvalue weighted by molar-refractivity contribution is 5.94. The Morgan fingerprint density at radius 2 is 2.04 bits per heavy atom. The molecule has 6 heteroatoms. The molecule has 0 saturated heterocycles. The Hall–Kier alpha value is -2.63. The van der Waals surface area contributed by atoms with Crippen molar-refractivity contribution in [3.63, 3.8) is 0 Å².